The highest BCUT2D eigenvalue weighted by Crippen LogP contribution is 2.25. The van der Waals surface area contributed by atoms with Gasteiger partial charge < -0.3 is 5.32 Å². The molecule has 0 saturated carbocycles. The van der Waals surface area contributed by atoms with E-state index in [-0.39, 0.29) is 23.3 Å². The number of sulfonamides is 1. The molecule has 0 radical (unpaired) electrons. The summed E-state index contributed by atoms with van der Waals surface area (Å²) < 4.78 is 28.1. The Kier molecular flexibility index (Phi) is 7.14. The number of carbonyl (C=O) groups is 1. The molecule has 1 amide bonds. The van der Waals surface area contributed by atoms with Crippen molar-refractivity contribution in [3.05, 3.63) is 64.1 Å². The van der Waals surface area contributed by atoms with Crippen molar-refractivity contribution < 1.29 is 13.2 Å². The maximum absolute atomic E-state index is 12.9. The van der Waals surface area contributed by atoms with E-state index in [1.54, 1.807) is 24.3 Å². The van der Waals surface area contributed by atoms with Crippen LogP contribution in [0.1, 0.15) is 43.7 Å². The topological polar surface area (TPSA) is 66.5 Å². The molecule has 1 aliphatic heterocycles. The lowest BCUT2D eigenvalue weighted by Crippen LogP contribution is -2.45. The molecule has 1 N–H and O–H groups in total. The summed E-state index contributed by atoms with van der Waals surface area (Å²) in [5.74, 6) is 0.0529. The van der Waals surface area contributed by atoms with Crippen molar-refractivity contribution >= 4 is 31.9 Å². The number of piperidine rings is 1. The van der Waals surface area contributed by atoms with E-state index in [0.29, 0.717) is 31.8 Å². The fraction of sp³-hybridized carbons (Fsp3) is 0.409. The number of nitrogens with zero attached hydrogens (tertiary/aromatic N) is 1. The molecule has 1 saturated heterocycles. The highest BCUT2D eigenvalue weighted by molar-refractivity contribution is 9.10. The summed E-state index contributed by atoms with van der Waals surface area (Å²) in [5, 5.41) is 2.97. The first-order valence-electron chi connectivity index (χ1n) is 9.89. The van der Waals surface area contributed by atoms with Gasteiger partial charge in [0.05, 0.1) is 10.8 Å². The molecule has 0 spiro atoms. The van der Waals surface area contributed by atoms with Crippen LogP contribution in [0.15, 0.2) is 57.9 Å². The number of rotatable bonds is 6. The molecule has 1 heterocycles. The Bertz CT molecular complexity index is 941. The fourth-order valence-corrected chi connectivity index (χ4v) is 5.27. The van der Waals surface area contributed by atoms with Crippen molar-refractivity contribution in [2.75, 3.05) is 13.1 Å². The molecule has 0 aromatic heterocycles. The van der Waals surface area contributed by atoms with Gasteiger partial charge in [-0.2, -0.15) is 4.31 Å². The second-order valence-corrected chi connectivity index (χ2v) is 10.6. The maximum Gasteiger partial charge on any atom is 0.243 e. The van der Waals surface area contributed by atoms with E-state index in [0.717, 1.165) is 10.0 Å². The Hall–Kier alpha value is -1.70. The first-order chi connectivity index (χ1) is 13.8. The Morgan fingerprint density at radius 1 is 1.14 bits per heavy atom. The number of halogens is 1. The van der Waals surface area contributed by atoms with Crippen molar-refractivity contribution in [3.8, 4) is 0 Å². The number of hydrogen-bond donors (Lipinski definition) is 1. The largest absolute Gasteiger partial charge is 0.352 e. The zero-order valence-electron chi connectivity index (χ0n) is 16.8. The molecule has 7 heteroatoms. The molecule has 2 aromatic carbocycles. The van der Waals surface area contributed by atoms with Crippen LogP contribution < -0.4 is 5.32 Å². The van der Waals surface area contributed by atoms with E-state index in [9.17, 15) is 13.2 Å². The van der Waals surface area contributed by atoms with Crippen LogP contribution in [-0.2, 0) is 21.4 Å². The molecule has 1 fully saturated rings. The number of hydrogen-bond acceptors (Lipinski definition) is 3. The predicted molar refractivity (Wildman–Crippen MR) is 118 cm³/mol. The SMILES string of the molecule is CC(C)c1ccc(CNC(=O)C2CCCN(S(=O)(=O)c3ccc(Br)cc3)C2)cc1. The molecule has 5 nitrogen and oxygen atoms in total. The van der Waals surface area contributed by atoms with Crippen LogP contribution in [0.5, 0.6) is 0 Å². The third kappa shape index (κ3) is 5.47. The summed E-state index contributed by atoms with van der Waals surface area (Å²) in [6.45, 7) is 5.41. The first-order valence-corrected chi connectivity index (χ1v) is 12.1. The average Bonchev–Trinajstić information content (AvgIpc) is 2.72. The maximum atomic E-state index is 12.9. The molecule has 1 unspecified atom stereocenters. The monoisotopic (exact) mass is 478 g/mol. The molecule has 0 aliphatic carbocycles. The van der Waals surface area contributed by atoms with Crippen LogP contribution in [0.4, 0.5) is 0 Å². The number of nitrogens with one attached hydrogen (secondary N) is 1. The molecule has 2 aromatic rings. The second kappa shape index (κ2) is 9.41. The summed E-state index contributed by atoms with van der Waals surface area (Å²) in [4.78, 5) is 12.9. The quantitative estimate of drug-likeness (QED) is 0.673. The normalized spacial score (nSPS) is 18.0. The Morgan fingerprint density at radius 3 is 2.41 bits per heavy atom. The fourth-order valence-electron chi connectivity index (χ4n) is 3.48. The summed E-state index contributed by atoms with van der Waals surface area (Å²) in [5.41, 5.74) is 2.30. The Morgan fingerprint density at radius 2 is 1.79 bits per heavy atom. The Balaban J connectivity index is 1.61. The van der Waals surface area contributed by atoms with Crippen molar-refractivity contribution in [2.24, 2.45) is 5.92 Å². The predicted octanol–water partition coefficient (Wildman–Crippen LogP) is 4.29. The Labute approximate surface area is 181 Å². The molecule has 0 bridgehead atoms. The van der Waals surface area contributed by atoms with E-state index in [1.807, 2.05) is 12.1 Å². The third-order valence-corrected chi connectivity index (χ3v) is 7.73. The van der Waals surface area contributed by atoms with Gasteiger partial charge in [0, 0.05) is 24.1 Å². The lowest BCUT2D eigenvalue weighted by Gasteiger charge is -2.31. The highest BCUT2D eigenvalue weighted by atomic mass is 79.9. The van der Waals surface area contributed by atoms with Crippen LogP contribution in [-0.4, -0.2) is 31.7 Å². The van der Waals surface area contributed by atoms with Crippen molar-refractivity contribution in [1.29, 1.82) is 0 Å². The van der Waals surface area contributed by atoms with Crippen LogP contribution in [0.25, 0.3) is 0 Å². The van der Waals surface area contributed by atoms with Gasteiger partial charge in [0.25, 0.3) is 0 Å². The minimum absolute atomic E-state index is 0.0892. The molecule has 156 valence electrons. The van der Waals surface area contributed by atoms with Crippen LogP contribution in [0.3, 0.4) is 0 Å². The second-order valence-electron chi connectivity index (χ2n) is 7.77. The van der Waals surface area contributed by atoms with E-state index < -0.39 is 10.0 Å². The van der Waals surface area contributed by atoms with Crippen molar-refractivity contribution in [1.82, 2.24) is 9.62 Å². The van der Waals surface area contributed by atoms with Crippen LogP contribution in [0, 0.1) is 5.92 Å². The zero-order valence-corrected chi connectivity index (χ0v) is 19.2. The lowest BCUT2D eigenvalue weighted by atomic mass is 9.98. The van der Waals surface area contributed by atoms with Crippen LogP contribution in [0.2, 0.25) is 0 Å². The van der Waals surface area contributed by atoms with Gasteiger partial charge in [0.15, 0.2) is 0 Å². The van der Waals surface area contributed by atoms with Gasteiger partial charge in [0.1, 0.15) is 0 Å². The number of carbonyl (C=O) groups excluding carboxylic acids is 1. The first kappa shape index (κ1) is 22.0. The van der Waals surface area contributed by atoms with E-state index >= 15 is 0 Å². The summed E-state index contributed by atoms with van der Waals surface area (Å²) in [6, 6.07) is 14.8. The summed E-state index contributed by atoms with van der Waals surface area (Å²) in [7, 11) is -3.59. The summed E-state index contributed by atoms with van der Waals surface area (Å²) in [6.07, 6.45) is 1.38. The van der Waals surface area contributed by atoms with Gasteiger partial charge in [-0.15, -0.1) is 0 Å². The average molecular weight is 479 g/mol. The van der Waals surface area contributed by atoms with Gasteiger partial charge in [-0.05, 0) is 54.2 Å². The molecular weight excluding hydrogens is 452 g/mol. The van der Waals surface area contributed by atoms with Gasteiger partial charge in [0.2, 0.25) is 15.9 Å². The highest BCUT2D eigenvalue weighted by Gasteiger charge is 2.33. The van der Waals surface area contributed by atoms with Crippen LogP contribution >= 0.6 is 15.9 Å². The zero-order chi connectivity index (χ0) is 21.0. The molecular formula is C22H27BrN2O3S. The van der Waals surface area contributed by atoms with E-state index in [2.05, 4.69) is 47.2 Å². The van der Waals surface area contributed by atoms with Gasteiger partial charge >= 0.3 is 0 Å². The van der Waals surface area contributed by atoms with Crippen molar-refractivity contribution in [2.45, 2.75) is 44.0 Å². The number of benzene rings is 2. The third-order valence-electron chi connectivity index (χ3n) is 5.32. The van der Waals surface area contributed by atoms with Gasteiger partial charge in [-0.1, -0.05) is 54.0 Å². The molecule has 1 aliphatic rings. The van der Waals surface area contributed by atoms with Gasteiger partial charge in [-0.3, -0.25) is 4.79 Å². The number of amides is 1. The lowest BCUT2D eigenvalue weighted by molar-refractivity contribution is -0.126. The molecule has 29 heavy (non-hydrogen) atoms. The molecule has 1 atom stereocenters. The standard InChI is InChI=1S/C22H27BrN2O3S/c1-16(2)18-7-5-17(6-8-18)14-24-22(26)19-4-3-13-25(15-19)29(27,28)21-11-9-20(23)10-12-21/h5-12,16,19H,3-4,13-15H2,1-2H3,(H,24,26). The smallest absolute Gasteiger partial charge is 0.243 e. The summed E-state index contributed by atoms with van der Waals surface area (Å²) >= 11 is 3.32. The molecule has 3 rings (SSSR count). The minimum atomic E-state index is -3.59. The van der Waals surface area contributed by atoms with E-state index in [4.69, 9.17) is 0 Å². The minimum Gasteiger partial charge on any atom is -0.352 e. The van der Waals surface area contributed by atoms with E-state index in [1.165, 1.54) is 9.87 Å². The van der Waals surface area contributed by atoms with Gasteiger partial charge in [-0.25, -0.2) is 8.42 Å². The van der Waals surface area contributed by atoms with Crippen molar-refractivity contribution in [3.63, 3.8) is 0 Å².